The van der Waals surface area contributed by atoms with E-state index in [9.17, 15) is 19.7 Å². The fourth-order valence-electron chi connectivity index (χ4n) is 2.73. The number of benzene rings is 3. The first-order chi connectivity index (χ1) is 13.0. The van der Waals surface area contributed by atoms with Gasteiger partial charge in [-0.15, -0.1) is 0 Å². The first-order valence-corrected chi connectivity index (χ1v) is 8.23. The van der Waals surface area contributed by atoms with E-state index in [-0.39, 0.29) is 5.69 Å². The number of rotatable bonds is 4. The van der Waals surface area contributed by atoms with Crippen molar-refractivity contribution in [2.75, 3.05) is 4.90 Å². The molecule has 6 heteroatoms. The topological polar surface area (TPSA) is 80.5 Å². The van der Waals surface area contributed by atoms with Gasteiger partial charge in [0.15, 0.2) is 0 Å². The molecule has 0 unspecified atom stereocenters. The Kier molecular flexibility index (Phi) is 5.08. The van der Waals surface area contributed by atoms with Gasteiger partial charge in [-0.1, -0.05) is 36.4 Å². The van der Waals surface area contributed by atoms with Crippen LogP contribution < -0.4 is 4.90 Å². The van der Waals surface area contributed by atoms with E-state index >= 15 is 0 Å². The number of hydrogen-bond donors (Lipinski definition) is 0. The second-order valence-electron chi connectivity index (χ2n) is 5.91. The van der Waals surface area contributed by atoms with Crippen LogP contribution in [0.3, 0.4) is 0 Å². The third-order valence-electron chi connectivity index (χ3n) is 4.08. The van der Waals surface area contributed by atoms with E-state index in [1.165, 1.54) is 18.2 Å². The minimum absolute atomic E-state index is 0.101. The first-order valence-electron chi connectivity index (χ1n) is 8.23. The molecule has 0 fully saturated rings. The van der Waals surface area contributed by atoms with Crippen molar-refractivity contribution in [3.05, 3.63) is 106 Å². The molecule has 6 nitrogen and oxygen atoms in total. The molecular weight excluding hydrogens is 344 g/mol. The van der Waals surface area contributed by atoms with Crippen LogP contribution in [0.2, 0.25) is 0 Å². The number of nitrogens with zero attached hydrogens (tertiary/aromatic N) is 2. The zero-order chi connectivity index (χ0) is 19.4. The Labute approximate surface area is 155 Å². The molecule has 0 saturated carbocycles. The standard InChI is InChI=1S/C21H16N2O4/c1-15-14-18(23(26)27)12-13-19(15)22(20(24)16-8-4-2-5-9-16)21(25)17-10-6-3-7-11-17/h2-14H,1H3. The molecule has 0 heterocycles. The molecule has 134 valence electrons. The molecule has 2 amide bonds. The van der Waals surface area contributed by atoms with Gasteiger partial charge >= 0.3 is 0 Å². The molecule has 0 spiro atoms. The van der Waals surface area contributed by atoms with Gasteiger partial charge in [0.1, 0.15) is 0 Å². The van der Waals surface area contributed by atoms with Gasteiger partial charge in [-0.05, 0) is 42.8 Å². The molecule has 0 N–H and O–H groups in total. The number of anilines is 1. The number of carbonyl (C=O) groups is 2. The number of aryl methyl sites for hydroxylation is 1. The number of non-ortho nitro benzene ring substituents is 1. The summed E-state index contributed by atoms with van der Waals surface area (Å²) in [5.41, 5.74) is 1.36. The van der Waals surface area contributed by atoms with Crippen LogP contribution in [0.4, 0.5) is 11.4 Å². The van der Waals surface area contributed by atoms with Gasteiger partial charge in [0.2, 0.25) is 0 Å². The molecule has 27 heavy (non-hydrogen) atoms. The molecular formula is C21H16N2O4. The molecule has 0 aliphatic heterocycles. The van der Waals surface area contributed by atoms with Crippen LogP contribution in [-0.4, -0.2) is 16.7 Å². The molecule has 0 saturated heterocycles. The normalized spacial score (nSPS) is 10.3. The lowest BCUT2D eigenvalue weighted by Crippen LogP contribution is -2.37. The van der Waals surface area contributed by atoms with Crippen molar-refractivity contribution in [2.24, 2.45) is 0 Å². The van der Waals surface area contributed by atoms with E-state index in [1.807, 2.05) is 0 Å². The zero-order valence-electron chi connectivity index (χ0n) is 14.5. The Balaban J connectivity index is 2.12. The van der Waals surface area contributed by atoms with Gasteiger partial charge in [0.05, 0.1) is 10.6 Å². The monoisotopic (exact) mass is 360 g/mol. The summed E-state index contributed by atoms with van der Waals surface area (Å²) in [7, 11) is 0. The second-order valence-corrected chi connectivity index (χ2v) is 5.91. The van der Waals surface area contributed by atoms with E-state index in [1.54, 1.807) is 67.6 Å². The van der Waals surface area contributed by atoms with Crippen LogP contribution in [0.25, 0.3) is 0 Å². The molecule has 3 rings (SSSR count). The molecule has 3 aromatic carbocycles. The maximum atomic E-state index is 13.1. The van der Waals surface area contributed by atoms with Gasteiger partial charge in [-0.25, -0.2) is 4.90 Å². The Bertz CT molecular complexity index is 950. The zero-order valence-corrected chi connectivity index (χ0v) is 14.5. The molecule has 0 radical (unpaired) electrons. The molecule has 0 atom stereocenters. The highest BCUT2D eigenvalue weighted by atomic mass is 16.6. The van der Waals surface area contributed by atoms with Crippen LogP contribution >= 0.6 is 0 Å². The molecule has 0 aromatic heterocycles. The Morgan fingerprint density at radius 3 is 1.70 bits per heavy atom. The number of imide groups is 1. The number of amides is 2. The highest BCUT2D eigenvalue weighted by Gasteiger charge is 2.27. The Hall–Kier alpha value is -3.80. The van der Waals surface area contributed by atoms with E-state index in [0.29, 0.717) is 22.4 Å². The van der Waals surface area contributed by atoms with Crippen molar-refractivity contribution >= 4 is 23.2 Å². The highest BCUT2D eigenvalue weighted by Crippen LogP contribution is 2.27. The summed E-state index contributed by atoms with van der Waals surface area (Å²) in [4.78, 5) is 37.8. The lowest BCUT2D eigenvalue weighted by Gasteiger charge is -2.23. The van der Waals surface area contributed by atoms with Crippen LogP contribution in [-0.2, 0) is 0 Å². The summed E-state index contributed by atoms with van der Waals surface area (Å²) < 4.78 is 0. The quantitative estimate of drug-likeness (QED) is 0.392. The van der Waals surface area contributed by atoms with Gasteiger partial charge < -0.3 is 0 Å². The van der Waals surface area contributed by atoms with Gasteiger partial charge in [-0.2, -0.15) is 0 Å². The highest BCUT2D eigenvalue weighted by molar-refractivity contribution is 6.26. The van der Waals surface area contributed by atoms with Crippen LogP contribution in [0.15, 0.2) is 78.9 Å². The van der Waals surface area contributed by atoms with Gasteiger partial charge in [0.25, 0.3) is 17.5 Å². The lowest BCUT2D eigenvalue weighted by molar-refractivity contribution is -0.384. The summed E-state index contributed by atoms with van der Waals surface area (Å²) in [6.07, 6.45) is 0. The van der Waals surface area contributed by atoms with Crippen molar-refractivity contribution in [2.45, 2.75) is 6.92 Å². The molecule has 0 bridgehead atoms. The van der Waals surface area contributed by atoms with Gasteiger partial charge in [-0.3, -0.25) is 19.7 Å². The van der Waals surface area contributed by atoms with Crippen LogP contribution in [0.5, 0.6) is 0 Å². The average molecular weight is 360 g/mol. The summed E-state index contributed by atoms with van der Waals surface area (Å²) in [5.74, 6) is -0.997. The number of nitro benzene ring substituents is 1. The SMILES string of the molecule is Cc1cc([N+](=O)[O-])ccc1N(C(=O)c1ccccc1)C(=O)c1ccccc1. The smallest absolute Gasteiger partial charge is 0.268 e. The number of nitro groups is 1. The fourth-order valence-corrected chi connectivity index (χ4v) is 2.73. The van der Waals surface area contributed by atoms with Crippen molar-refractivity contribution in [1.29, 1.82) is 0 Å². The predicted molar refractivity (Wildman–Crippen MR) is 102 cm³/mol. The third-order valence-corrected chi connectivity index (χ3v) is 4.08. The summed E-state index contributed by atoms with van der Waals surface area (Å²) in [5, 5.41) is 11.0. The molecule has 0 aliphatic rings. The summed E-state index contributed by atoms with van der Waals surface area (Å²) in [6.45, 7) is 1.63. The number of hydrogen-bond acceptors (Lipinski definition) is 4. The summed E-state index contributed by atoms with van der Waals surface area (Å²) >= 11 is 0. The van der Waals surface area contributed by atoms with Gasteiger partial charge in [0, 0.05) is 23.3 Å². The van der Waals surface area contributed by atoms with Crippen molar-refractivity contribution < 1.29 is 14.5 Å². The fraction of sp³-hybridized carbons (Fsp3) is 0.0476. The first kappa shape index (κ1) is 18.0. The van der Waals surface area contributed by atoms with E-state index in [0.717, 1.165) is 4.90 Å². The largest absolute Gasteiger partial charge is 0.269 e. The van der Waals surface area contributed by atoms with Crippen LogP contribution in [0.1, 0.15) is 26.3 Å². The third kappa shape index (κ3) is 3.74. The van der Waals surface area contributed by atoms with E-state index in [4.69, 9.17) is 0 Å². The number of carbonyl (C=O) groups excluding carboxylic acids is 2. The maximum Gasteiger partial charge on any atom is 0.269 e. The van der Waals surface area contributed by atoms with Crippen LogP contribution in [0, 0.1) is 17.0 Å². The predicted octanol–water partition coefficient (Wildman–Crippen LogP) is 4.39. The van der Waals surface area contributed by atoms with Crippen molar-refractivity contribution in [1.82, 2.24) is 0 Å². The Morgan fingerprint density at radius 1 is 0.815 bits per heavy atom. The van der Waals surface area contributed by atoms with Crippen molar-refractivity contribution in [3.8, 4) is 0 Å². The Morgan fingerprint density at radius 2 is 1.30 bits per heavy atom. The minimum atomic E-state index is -0.515. The molecule has 0 aliphatic carbocycles. The lowest BCUT2D eigenvalue weighted by atomic mass is 10.1. The van der Waals surface area contributed by atoms with Crippen molar-refractivity contribution in [3.63, 3.8) is 0 Å². The average Bonchev–Trinajstić information content (AvgIpc) is 2.70. The second kappa shape index (κ2) is 7.61. The minimum Gasteiger partial charge on any atom is -0.268 e. The van der Waals surface area contributed by atoms with E-state index < -0.39 is 16.7 Å². The summed E-state index contributed by atoms with van der Waals surface area (Å²) in [6, 6.07) is 20.9. The van der Waals surface area contributed by atoms with E-state index in [2.05, 4.69) is 0 Å². The molecule has 3 aromatic rings. The maximum absolute atomic E-state index is 13.1.